The van der Waals surface area contributed by atoms with Crippen molar-refractivity contribution < 1.29 is 27.4 Å². The molecular formula is C13H15F3O3. The monoisotopic (exact) mass is 276 g/mol. The minimum Gasteiger partial charge on any atom is -0.469 e. The number of carbonyl (C=O) groups excluding carboxylic acids is 1. The topological polar surface area (TPSA) is 35.5 Å². The second kappa shape index (κ2) is 5.95. The number of hydrogen-bond donors (Lipinski definition) is 0. The lowest BCUT2D eigenvalue weighted by atomic mass is 9.88. The van der Waals surface area contributed by atoms with Gasteiger partial charge in [-0.05, 0) is 12.0 Å². The predicted octanol–water partition coefficient (Wildman–Crippen LogP) is 3.50. The minimum absolute atomic E-state index is 0.168. The maximum Gasteiger partial charge on any atom is 0.573 e. The summed E-state index contributed by atoms with van der Waals surface area (Å²) in [7, 11) is 1.20. The van der Waals surface area contributed by atoms with Gasteiger partial charge in [-0.3, -0.25) is 4.79 Å². The van der Waals surface area contributed by atoms with Crippen LogP contribution in [0.4, 0.5) is 13.2 Å². The summed E-state index contributed by atoms with van der Waals surface area (Å²) in [6.45, 7) is 3.46. The number of alkyl halides is 3. The first-order valence-corrected chi connectivity index (χ1v) is 5.68. The van der Waals surface area contributed by atoms with Crippen molar-refractivity contribution in [2.24, 2.45) is 5.92 Å². The van der Waals surface area contributed by atoms with Crippen LogP contribution < -0.4 is 4.74 Å². The average molecular weight is 276 g/mol. The van der Waals surface area contributed by atoms with Crippen molar-refractivity contribution in [3.05, 3.63) is 29.8 Å². The normalized spacial score (nSPS) is 13.2. The van der Waals surface area contributed by atoms with Gasteiger partial charge in [-0.2, -0.15) is 0 Å². The van der Waals surface area contributed by atoms with Crippen LogP contribution in [0.5, 0.6) is 5.75 Å². The summed E-state index contributed by atoms with van der Waals surface area (Å²) in [6, 6.07) is 5.58. The van der Waals surface area contributed by atoms with Crippen molar-refractivity contribution in [1.29, 1.82) is 0 Å². The summed E-state index contributed by atoms with van der Waals surface area (Å²) in [5.41, 5.74) is 0.168. The molecule has 19 heavy (non-hydrogen) atoms. The Morgan fingerprint density at radius 1 is 1.21 bits per heavy atom. The Morgan fingerprint density at radius 3 is 2.26 bits per heavy atom. The largest absolute Gasteiger partial charge is 0.573 e. The SMILES string of the molecule is COC(=O)C(c1ccccc1OC(F)(F)F)C(C)C. The van der Waals surface area contributed by atoms with E-state index >= 15 is 0 Å². The van der Waals surface area contributed by atoms with Crippen molar-refractivity contribution in [3.8, 4) is 5.75 Å². The molecule has 1 unspecified atom stereocenters. The van der Waals surface area contributed by atoms with Gasteiger partial charge in [0.1, 0.15) is 5.75 Å². The van der Waals surface area contributed by atoms with E-state index in [1.54, 1.807) is 19.9 Å². The first-order valence-electron chi connectivity index (χ1n) is 5.68. The Hall–Kier alpha value is -1.72. The molecule has 3 nitrogen and oxygen atoms in total. The van der Waals surface area contributed by atoms with Crippen LogP contribution in [0.15, 0.2) is 24.3 Å². The molecule has 0 radical (unpaired) electrons. The van der Waals surface area contributed by atoms with E-state index in [0.29, 0.717) is 0 Å². The highest BCUT2D eigenvalue weighted by Gasteiger charge is 2.35. The molecule has 0 aliphatic carbocycles. The number of ether oxygens (including phenoxy) is 2. The molecule has 0 amide bonds. The standard InChI is InChI=1S/C13H15F3O3/c1-8(2)11(12(17)18-3)9-6-4-5-7-10(9)19-13(14,15)16/h4-8,11H,1-3H3. The third-order valence-electron chi connectivity index (χ3n) is 2.60. The molecule has 0 fully saturated rings. The second-order valence-corrected chi connectivity index (χ2v) is 4.33. The fraction of sp³-hybridized carbons (Fsp3) is 0.462. The van der Waals surface area contributed by atoms with E-state index in [-0.39, 0.29) is 17.2 Å². The maximum atomic E-state index is 12.3. The van der Waals surface area contributed by atoms with Crippen LogP contribution in [0.3, 0.4) is 0 Å². The maximum absolute atomic E-state index is 12.3. The van der Waals surface area contributed by atoms with Gasteiger partial charge in [0.05, 0.1) is 13.0 Å². The quantitative estimate of drug-likeness (QED) is 0.790. The Bertz CT molecular complexity index is 441. The zero-order valence-electron chi connectivity index (χ0n) is 10.8. The fourth-order valence-corrected chi connectivity index (χ4v) is 1.84. The number of rotatable bonds is 4. The van der Waals surface area contributed by atoms with Gasteiger partial charge in [0.25, 0.3) is 0 Å². The molecule has 0 spiro atoms. The summed E-state index contributed by atoms with van der Waals surface area (Å²) in [6.07, 6.45) is -4.80. The zero-order chi connectivity index (χ0) is 14.6. The number of carbonyl (C=O) groups is 1. The van der Waals surface area contributed by atoms with E-state index in [9.17, 15) is 18.0 Å². The number of benzene rings is 1. The number of para-hydroxylation sites is 1. The number of methoxy groups -OCH3 is 1. The lowest BCUT2D eigenvalue weighted by Crippen LogP contribution is -2.23. The van der Waals surface area contributed by atoms with Crippen LogP contribution in [-0.2, 0) is 9.53 Å². The molecule has 0 bridgehead atoms. The molecule has 0 aromatic heterocycles. The summed E-state index contributed by atoms with van der Waals surface area (Å²) in [4.78, 5) is 11.7. The zero-order valence-corrected chi connectivity index (χ0v) is 10.8. The predicted molar refractivity (Wildman–Crippen MR) is 62.7 cm³/mol. The van der Waals surface area contributed by atoms with E-state index < -0.39 is 18.2 Å². The van der Waals surface area contributed by atoms with Gasteiger partial charge in [0.2, 0.25) is 0 Å². The van der Waals surface area contributed by atoms with E-state index in [2.05, 4.69) is 9.47 Å². The first-order chi connectivity index (χ1) is 8.76. The molecule has 0 aliphatic rings. The van der Waals surface area contributed by atoms with Crippen LogP contribution in [0.1, 0.15) is 25.3 Å². The number of halogens is 3. The van der Waals surface area contributed by atoms with E-state index in [1.807, 2.05) is 0 Å². The Morgan fingerprint density at radius 2 is 1.79 bits per heavy atom. The molecule has 1 atom stereocenters. The highest BCUT2D eigenvalue weighted by atomic mass is 19.4. The smallest absolute Gasteiger partial charge is 0.469 e. The Labute approximate surface area is 109 Å². The van der Waals surface area contributed by atoms with E-state index in [4.69, 9.17) is 0 Å². The van der Waals surface area contributed by atoms with Crippen LogP contribution in [0.2, 0.25) is 0 Å². The Kier molecular flexibility index (Phi) is 4.80. The molecule has 0 N–H and O–H groups in total. The summed E-state index contributed by atoms with van der Waals surface area (Å²) < 4.78 is 45.6. The van der Waals surface area contributed by atoms with Crippen molar-refractivity contribution >= 4 is 5.97 Å². The summed E-state index contributed by atoms with van der Waals surface area (Å²) in [5, 5.41) is 0. The van der Waals surface area contributed by atoms with Gasteiger partial charge in [-0.1, -0.05) is 32.0 Å². The highest BCUT2D eigenvalue weighted by molar-refractivity contribution is 5.79. The molecule has 106 valence electrons. The van der Waals surface area contributed by atoms with Crippen molar-refractivity contribution in [2.45, 2.75) is 26.1 Å². The van der Waals surface area contributed by atoms with Crippen molar-refractivity contribution in [2.75, 3.05) is 7.11 Å². The van der Waals surface area contributed by atoms with Gasteiger partial charge < -0.3 is 9.47 Å². The lowest BCUT2D eigenvalue weighted by molar-refractivity contribution is -0.275. The third kappa shape index (κ3) is 4.15. The Balaban J connectivity index is 3.20. The molecule has 1 aromatic carbocycles. The van der Waals surface area contributed by atoms with Crippen molar-refractivity contribution in [1.82, 2.24) is 0 Å². The molecule has 1 rings (SSSR count). The van der Waals surface area contributed by atoms with Gasteiger partial charge in [0, 0.05) is 5.56 Å². The summed E-state index contributed by atoms with van der Waals surface area (Å²) in [5.74, 6) is -1.98. The minimum atomic E-state index is -4.80. The molecule has 6 heteroatoms. The third-order valence-corrected chi connectivity index (χ3v) is 2.60. The van der Waals surface area contributed by atoms with Gasteiger partial charge >= 0.3 is 12.3 Å². The van der Waals surface area contributed by atoms with Crippen LogP contribution >= 0.6 is 0 Å². The molecule has 0 heterocycles. The number of hydrogen-bond acceptors (Lipinski definition) is 3. The van der Waals surface area contributed by atoms with Gasteiger partial charge in [0.15, 0.2) is 0 Å². The fourth-order valence-electron chi connectivity index (χ4n) is 1.84. The molecule has 0 saturated carbocycles. The molecule has 0 aliphatic heterocycles. The average Bonchev–Trinajstić information content (AvgIpc) is 2.29. The van der Waals surface area contributed by atoms with Gasteiger partial charge in [-0.15, -0.1) is 13.2 Å². The molecular weight excluding hydrogens is 261 g/mol. The lowest BCUT2D eigenvalue weighted by Gasteiger charge is -2.22. The molecule has 1 aromatic rings. The summed E-state index contributed by atoms with van der Waals surface area (Å²) >= 11 is 0. The molecule has 0 saturated heterocycles. The first kappa shape index (κ1) is 15.3. The second-order valence-electron chi connectivity index (χ2n) is 4.33. The highest BCUT2D eigenvalue weighted by Crippen LogP contribution is 2.35. The van der Waals surface area contributed by atoms with Crippen molar-refractivity contribution in [3.63, 3.8) is 0 Å². The van der Waals surface area contributed by atoms with E-state index in [1.165, 1.54) is 25.3 Å². The van der Waals surface area contributed by atoms with E-state index in [0.717, 1.165) is 0 Å². The van der Waals surface area contributed by atoms with Crippen LogP contribution in [0, 0.1) is 5.92 Å². The number of esters is 1. The van der Waals surface area contributed by atoms with Crippen LogP contribution in [0.25, 0.3) is 0 Å². The van der Waals surface area contributed by atoms with Gasteiger partial charge in [-0.25, -0.2) is 0 Å². The van der Waals surface area contributed by atoms with Crippen LogP contribution in [-0.4, -0.2) is 19.4 Å².